The molecule has 1 aromatic heterocycles. The van der Waals surface area contributed by atoms with E-state index in [1.807, 2.05) is 23.1 Å². The van der Waals surface area contributed by atoms with Crippen molar-refractivity contribution in [1.82, 2.24) is 15.1 Å². The smallest absolute Gasteiger partial charge is 0.251 e. The van der Waals surface area contributed by atoms with Crippen LogP contribution in [0.4, 0.5) is 5.69 Å². The minimum absolute atomic E-state index is 0.0842. The molecule has 0 atom stereocenters. The second-order valence-corrected chi connectivity index (χ2v) is 8.03. The molecule has 35 heavy (non-hydrogen) atoms. The van der Waals surface area contributed by atoms with Crippen LogP contribution in [0.2, 0.25) is 0 Å². The van der Waals surface area contributed by atoms with Crippen LogP contribution in [0.1, 0.15) is 21.7 Å². The molecule has 0 aliphatic carbocycles. The van der Waals surface area contributed by atoms with Crippen LogP contribution in [-0.4, -0.2) is 61.8 Å². The first-order valence-corrected chi connectivity index (χ1v) is 11.1. The highest BCUT2D eigenvalue weighted by Crippen LogP contribution is 2.17. The van der Waals surface area contributed by atoms with E-state index in [-0.39, 0.29) is 30.8 Å². The number of rotatable bonds is 11. The van der Waals surface area contributed by atoms with Crippen LogP contribution in [0, 0.1) is 0 Å². The highest BCUT2D eigenvalue weighted by atomic mass is 16.5. The number of benzene rings is 2. The number of methoxy groups -OCH3 is 1. The fourth-order valence-corrected chi connectivity index (χ4v) is 3.47. The zero-order valence-electron chi connectivity index (χ0n) is 20.1. The Morgan fingerprint density at radius 3 is 2.40 bits per heavy atom. The molecule has 0 saturated carbocycles. The number of hydrogen-bond acceptors (Lipinski definition) is 6. The van der Waals surface area contributed by atoms with Crippen LogP contribution >= 0.6 is 0 Å². The first-order chi connectivity index (χ1) is 16.9. The Balaban J connectivity index is 1.61. The summed E-state index contributed by atoms with van der Waals surface area (Å²) in [7, 11) is 4.73. The molecule has 0 saturated heterocycles. The number of nitrogens with one attached hydrogen (secondary N) is 2. The lowest BCUT2D eigenvalue weighted by Crippen LogP contribution is -2.41. The van der Waals surface area contributed by atoms with E-state index < -0.39 is 0 Å². The van der Waals surface area contributed by atoms with Gasteiger partial charge in [-0.1, -0.05) is 18.2 Å². The molecule has 3 rings (SSSR count). The molecule has 1 heterocycles. The summed E-state index contributed by atoms with van der Waals surface area (Å²) in [5.41, 5.74) is 2.09. The summed E-state index contributed by atoms with van der Waals surface area (Å²) in [5, 5.41) is 5.37. The summed E-state index contributed by atoms with van der Waals surface area (Å²) in [6.07, 6.45) is 1.59. The number of hydrogen-bond donors (Lipinski definition) is 2. The van der Waals surface area contributed by atoms with Crippen molar-refractivity contribution in [3.63, 3.8) is 0 Å². The zero-order chi connectivity index (χ0) is 25.2. The van der Waals surface area contributed by atoms with E-state index in [2.05, 4.69) is 10.6 Å². The van der Waals surface area contributed by atoms with E-state index in [1.165, 1.54) is 4.90 Å². The number of anilines is 1. The standard InChI is InChI=1S/C26H30N4O5/c1-27-26(33)20-11-9-19(10-12-20)15-30(16-23-8-5-13-35-23)18-25(32)29(2)17-24(31)28-21-6-4-7-22(14-21)34-3/h4-14H,15-18H2,1-3H3,(H,27,33)(H,28,31). The Morgan fingerprint density at radius 2 is 1.74 bits per heavy atom. The Morgan fingerprint density at radius 1 is 0.971 bits per heavy atom. The quantitative estimate of drug-likeness (QED) is 0.439. The molecule has 3 aromatic rings. The van der Waals surface area contributed by atoms with E-state index in [1.54, 1.807) is 69.9 Å². The van der Waals surface area contributed by atoms with Crippen LogP contribution in [0.3, 0.4) is 0 Å². The molecule has 184 valence electrons. The average molecular weight is 479 g/mol. The number of carbonyl (C=O) groups excluding carboxylic acids is 3. The molecule has 0 radical (unpaired) electrons. The van der Waals surface area contributed by atoms with E-state index in [9.17, 15) is 14.4 Å². The first kappa shape index (κ1) is 25.5. The molecule has 3 amide bonds. The Bertz CT molecular complexity index is 1130. The largest absolute Gasteiger partial charge is 0.497 e. The van der Waals surface area contributed by atoms with Gasteiger partial charge in [-0.05, 0) is 42.0 Å². The van der Waals surface area contributed by atoms with Crippen molar-refractivity contribution in [1.29, 1.82) is 0 Å². The molecule has 0 aliphatic rings. The predicted octanol–water partition coefficient (Wildman–Crippen LogP) is 2.75. The Kier molecular flexibility index (Phi) is 9.02. The number of likely N-dealkylation sites (N-methyl/N-ethyl adjacent to an activating group) is 1. The van der Waals surface area contributed by atoms with Gasteiger partial charge in [-0.15, -0.1) is 0 Å². The predicted molar refractivity (Wildman–Crippen MR) is 132 cm³/mol. The van der Waals surface area contributed by atoms with Gasteiger partial charge in [0.25, 0.3) is 5.91 Å². The summed E-state index contributed by atoms with van der Waals surface area (Å²) in [4.78, 5) is 40.5. The van der Waals surface area contributed by atoms with Crippen molar-refractivity contribution in [2.24, 2.45) is 0 Å². The minimum atomic E-state index is -0.309. The molecule has 2 aromatic carbocycles. The second kappa shape index (κ2) is 12.4. The summed E-state index contributed by atoms with van der Waals surface area (Å²) < 4.78 is 10.6. The fraction of sp³-hybridized carbons (Fsp3) is 0.269. The van der Waals surface area contributed by atoms with E-state index in [4.69, 9.17) is 9.15 Å². The molecule has 0 bridgehead atoms. The number of carbonyl (C=O) groups is 3. The van der Waals surface area contributed by atoms with Crippen molar-refractivity contribution in [3.05, 3.63) is 83.8 Å². The summed E-state index contributed by atoms with van der Waals surface area (Å²) in [6.45, 7) is 0.871. The molecular formula is C26H30N4O5. The van der Waals surface area contributed by atoms with Gasteiger partial charge >= 0.3 is 0 Å². The summed E-state index contributed by atoms with van der Waals surface area (Å²) in [6, 6.07) is 17.9. The van der Waals surface area contributed by atoms with Gasteiger partial charge in [-0.3, -0.25) is 19.3 Å². The van der Waals surface area contributed by atoms with Gasteiger partial charge in [0.05, 0.1) is 33.0 Å². The van der Waals surface area contributed by atoms with Crippen molar-refractivity contribution in [3.8, 4) is 5.75 Å². The molecule has 9 nitrogen and oxygen atoms in total. The van der Waals surface area contributed by atoms with Crippen LogP contribution < -0.4 is 15.4 Å². The average Bonchev–Trinajstić information content (AvgIpc) is 3.37. The Hall–Kier alpha value is -4.11. The molecule has 0 aliphatic heterocycles. The first-order valence-electron chi connectivity index (χ1n) is 11.1. The fourth-order valence-electron chi connectivity index (χ4n) is 3.47. The van der Waals surface area contributed by atoms with Crippen LogP contribution in [0.15, 0.2) is 71.3 Å². The summed E-state index contributed by atoms with van der Waals surface area (Å²) in [5.74, 6) is 0.672. The van der Waals surface area contributed by atoms with Gasteiger partial charge in [-0.25, -0.2) is 0 Å². The third-order valence-corrected chi connectivity index (χ3v) is 5.33. The maximum absolute atomic E-state index is 12.9. The highest BCUT2D eigenvalue weighted by Gasteiger charge is 2.19. The van der Waals surface area contributed by atoms with Crippen LogP contribution in [0.5, 0.6) is 5.75 Å². The van der Waals surface area contributed by atoms with Gasteiger partial charge in [0, 0.05) is 38.0 Å². The molecule has 2 N–H and O–H groups in total. The van der Waals surface area contributed by atoms with Crippen LogP contribution in [0.25, 0.3) is 0 Å². The minimum Gasteiger partial charge on any atom is -0.497 e. The monoisotopic (exact) mass is 478 g/mol. The SMILES string of the molecule is CNC(=O)c1ccc(CN(CC(=O)N(C)CC(=O)Nc2cccc(OC)c2)Cc2ccco2)cc1. The van der Waals surface area contributed by atoms with Crippen molar-refractivity contribution >= 4 is 23.4 Å². The normalized spacial score (nSPS) is 10.6. The molecule has 0 fully saturated rings. The van der Waals surface area contributed by atoms with Gasteiger partial charge in [0.1, 0.15) is 11.5 Å². The number of ether oxygens (including phenoxy) is 1. The molecular weight excluding hydrogens is 448 g/mol. The molecule has 0 spiro atoms. The van der Waals surface area contributed by atoms with E-state index in [0.717, 1.165) is 11.3 Å². The van der Waals surface area contributed by atoms with Crippen molar-refractivity contribution in [2.75, 3.05) is 39.6 Å². The number of furan rings is 1. The second-order valence-electron chi connectivity index (χ2n) is 8.03. The van der Waals surface area contributed by atoms with E-state index >= 15 is 0 Å². The third-order valence-electron chi connectivity index (χ3n) is 5.33. The summed E-state index contributed by atoms with van der Waals surface area (Å²) >= 11 is 0. The lowest BCUT2D eigenvalue weighted by molar-refractivity contribution is -0.134. The van der Waals surface area contributed by atoms with Crippen LogP contribution in [-0.2, 0) is 22.7 Å². The van der Waals surface area contributed by atoms with Gasteiger partial charge in [0.15, 0.2) is 0 Å². The van der Waals surface area contributed by atoms with Gasteiger partial charge in [-0.2, -0.15) is 0 Å². The zero-order valence-corrected chi connectivity index (χ0v) is 20.1. The van der Waals surface area contributed by atoms with E-state index in [0.29, 0.717) is 30.1 Å². The lowest BCUT2D eigenvalue weighted by atomic mass is 10.1. The van der Waals surface area contributed by atoms with Gasteiger partial charge in [0.2, 0.25) is 11.8 Å². The molecule has 9 heteroatoms. The topological polar surface area (TPSA) is 104 Å². The molecule has 0 unspecified atom stereocenters. The maximum atomic E-state index is 12.9. The highest BCUT2D eigenvalue weighted by molar-refractivity contribution is 5.95. The van der Waals surface area contributed by atoms with Crippen molar-refractivity contribution in [2.45, 2.75) is 13.1 Å². The number of amides is 3. The Labute approximate surface area is 204 Å². The lowest BCUT2D eigenvalue weighted by Gasteiger charge is -2.24. The van der Waals surface area contributed by atoms with Gasteiger partial charge < -0.3 is 24.7 Å². The number of nitrogens with zero attached hydrogens (tertiary/aromatic N) is 2. The maximum Gasteiger partial charge on any atom is 0.251 e. The third kappa shape index (κ3) is 7.72. The van der Waals surface area contributed by atoms with Crippen molar-refractivity contribution < 1.29 is 23.5 Å².